The predicted molar refractivity (Wildman–Crippen MR) is 56.7 cm³/mol. The highest BCUT2D eigenvalue weighted by atomic mass is 16.3. The Morgan fingerprint density at radius 3 is 2.54 bits per heavy atom. The van der Waals surface area contributed by atoms with Gasteiger partial charge in [0.15, 0.2) is 0 Å². The van der Waals surface area contributed by atoms with Crippen molar-refractivity contribution in [3.8, 4) is 0 Å². The smallest absolute Gasteiger partial charge is 0.0642 e. The number of hydrogen-bond donors (Lipinski definition) is 1. The summed E-state index contributed by atoms with van der Waals surface area (Å²) in [4.78, 5) is 0. The number of aryl methyl sites for hydroxylation is 2. The van der Waals surface area contributed by atoms with Crippen molar-refractivity contribution in [1.82, 2.24) is 0 Å². The van der Waals surface area contributed by atoms with Gasteiger partial charge in [0.1, 0.15) is 0 Å². The predicted octanol–water partition coefficient (Wildman–Crippen LogP) is 2.70. The second-order valence-corrected chi connectivity index (χ2v) is 3.49. The lowest BCUT2D eigenvalue weighted by atomic mass is 10.0. The van der Waals surface area contributed by atoms with Crippen LogP contribution in [0.4, 0.5) is 0 Å². The highest BCUT2D eigenvalue weighted by Crippen LogP contribution is 2.12. The van der Waals surface area contributed by atoms with Crippen molar-refractivity contribution in [1.29, 1.82) is 0 Å². The summed E-state index contributed by atoms with van der Waals surface area (Å²) in [6, 6.07) is 6.31. The van der Waals surface area contributed by atoms with Crippen LogP contribution in [-0.2, 0) is 0 Å². The van der Waals surface area contributed by atoms with Crippen LogP contribution in [0.1, 0.15) is 23.6 Å². The van der Waals surface area contributed by atoms with Crippen molar-refractivity contribution in [3.63, 3.8) is 0 Å². The summed E-state index contributed by atoms with van der Waals surface area (Å²) in [6.07, 6.45) is 2.01. The van der Waals surface area contributed by atoms with Gasteiger partial charge in [-0.15, -0.1) is 0 Å². The second kappa shape index (κ2) is 4.24. The van der Waals surface area contributed by atoms with Crippen LogP contribution in [0.15, 0.2) is 23.8 Å². The first kappa shape index (κ1) is 10.0. The van der Waals surface area contributed by atoms with Gasteiger partial charge < -0.3 is 5.11 Å². The van der Waals surface area contributed by atoms with E-state index >= 15 is 0 Å². The summed E-state index contributed by atoms with van der Waals surface area (Å²) in [7, 11) is 0. The normalized spacial score (nSPS) is 11.8. The molecule has 1 heteroatoms. The minimum atomic E-state index is 0.132. The molecule has 0 heterocycles. The molecule has 0 amide bonds. The summed E-state index contributed by atoms with van der Waals surface area (Å²) < 4.78 is 0. The largest absolute Gasteiger partial charge is 0.392 e. The zero-order chi connectivity index (χ0) is 9.84. The number of hydrogen-bond acceptors (Lipinski definition) is 1. The van der Waals surface area contributed by atoms with E-state index in [1.807, 2.05) is 13.0 Å². The first-order valence-corrected chi connectivity index (χ1v) is 4.49. The molecule has 70 valence electrons. The molecule has 1 rings (SSSR count). The number of rotatable bonds is 2. The van der Waals surface area contributed by atoms with Gasteiger partial charge >= 0.3 is 0 Å². The number of aliphatic hydroxyl groups excluding tert-OH is 1. The Labute approximate surface area is 79.7 Å². The monoisotopic (exact) mass is 176 g/mol. The van der Waals surface area contributed by atoms with Crippen LogP contribution in [0.5, 0.6) is 0 Å². The van der Waals surface area contributed by atoms with Gasteiger partial charge in [0.2, 0.25) is 0 Å². The van der Waals surface area contributed by atoms with Crippen LogP contribution < -0.4 is 0 Å². The number of benzene rings is 1. The van der Waals surface area contributed by atoms with E-state index in [2.05, 4.69) is 32.0 Å². The van der Waals surface area contributed by atoms with Crippen molar-refractivity contribution in [2.45, 2.75) is 20.8 Å². The molecule has 1 aromatic rings. The van der Waals surface area contributed by atoms with E-state index in [4.69, 9.17) is 5.11 Å². The Bertz CT molecular complexity index is 324. The molecule has 0 unspecified atom stereocenters. The molecule has 1 aromatic carbocycles. The Balaban J connectivity index is 2.98. The molecular formula is C12H16O. The lowest BCUT2D eigenvalue weighted by molar-refractivity contribution is 0.332. The molecular weight excluding hydrogens is 160 g/mol. The molecule has 1 nitrogen and oxygen atoms in total. The van der Waals surface area contributed by atoms with Crippen molar-refractivity contribution in [2.24, 2.45) is 0 Å². The van der Waals surface area contributed by atoms with E-state index in [-0.39, 0.29) is 6.61 Å². The van der Waals surface area contributed by atoms with Gasteiger partial charge in [-0.2, -0.15) is 0 Å². The molecule has 0 aromatic heterocycles. The fraction of sp³-hybridized carbons (Fsp3) is 0.333. The van der Waals surface area contributed by atoms with Gasteiger partial charge in [-0.3, -0.25) is 0 Å². The first-order chi connectivity index (χ1) is 6.13. The average molecular weight is 176 g/mol. The maximum Gasteiger partial charge on any atom is 0.0642 e. The third kappa shape index (κ3) is 2.71. The van der Waals surface area contributed by atoms with Crippen LogP contribution in [0.3, 0.4) is 0 Å². The van der Waals surface area contributed by atoms with Crippen molar-refractivity contribution in [2.75, 3.05) is 6.61 Å². The lowest BCUT2D eigenvalue weighted by Gasteiger charge is -2.02. The topological polar surface area (TPSA) is 20.2 Å². The molecule has 13 heavy (non-hydrogen) atoms. The number of aliphatic hydroxyl groups is 1. The summed E-state index contributed by atoms with van der Waals surface area (Å²) >= 11 is 0. The highest BCUT2D eigenvalue weighted by Gasteiger charge is 1.94. The van der Waals surface area contributed by atoms with Crippen LogP contribution in [-0.4, -0.2) is 11.7 Å². The van der Waals surface area contributed by atoms with Gasteiger partial charge in [0, 0.05) is 0 Å². The molecule has 0 aliphatic rings. The van der Waals surface area contributed by atoms with E-state index in [0.717, 1.165) is 11.1 Å². The van der Waals surface area contributed by atoms with E-state index < -0.39 is 0 Å². The molecule has 0 spiro atoms. The van der Waals surface area contributed by atoms with Gasteiger partial charge in [-0.25, -0.2) is 0 Å². The SMILES string of the molecule is CC(=Cc1ccc(C)c(C)c1)CO. The standard InChI is InChI=1S/C12H16O/c1-9(8-13)6-12-5-4-10(2)11(3)7-12/h4-7,13H,8H2,1-3H3. The molecule has 0 radical (unpaired) electrons. The fourth-order valence-corrected chi connectivity index (χ4v) is 1.18. The van der Waals surface area contributed by atoms with Gasteiger partial charge in [-0.1, -0.05) is 24.3 Å². The van der Waals surface area contributed by atoms with Crippen LogP contribution in [0.25, 0.3) is 6.08 Å². The minimum absolute atomic E-state index is 0.132. The zero-order valence-corrected chi connectivity index (χ0v) is 8.46. The van der Waals surface area contributed by atoms with Crippen LogP contribution in [0.2, 0.25) is 0 Å². The Kier molecular flexibility index (Phi) is 3.26. The molecule has 0 fully saturated rings. The maximum atomic E-state index is 8.85. The maximum absolute atomic E-state index is 8.85. The van der Waals surface area contributed by atoms with E-state index in [9.17, 15) is 0 Å². The third-order valence-corrected chi connectivity index (χ3v) is 2.19. The van der Waals surface area contributed by atoms with Gasteiger partial charge in [0.25, 0.3) is 0 Å². The van der Waals surface area contributed by atoms with Crippen LogP contribution >= 0.6 is 0 Å². The molecule has 0 aliphatic heterocycles. The van der Waals surface area contributed by atoms with Crippen molar-refractivity contribution >= 4 is 6.08 Å². The Morgan fingerprint density at radius 2 is 2.00 bits per heavy atom. The molecule has 0 saturated carbocycles. The van der Waals surface area contributed by atoms with Gasteiger partial charge in [0.05, 0.1) is 6.61 Å². The molecule has 0 atom stereocenters. The average Bonchev–Trinajstić information content (AvgIpc) is 2.11. The molecule has 0 saturated heterocycles. The minimum Gasteiger partial charge on any atom is -0.392 e. The van der Waals surface area contributed by atoms with Crippen LogP contribution in [0, 0.1) is 13.8 Å². The summed E-state index contributed by atoms with van der Waals surface area (Å²) in [5.41, 5.74) is 4.75. The quantitative estimate of drug-likeness (QED) is 0.734. The Hall–Kier alpha value is -1.08. The summed E-state index contributed by atoms with van der Waals surface area (Å²) in [5.74, 6) is 0. The second-order valence-electron chi connectivity index (χ2n) is 3.49. The first-order valence-electron chi connectivity index (χ1n) is 4.49. The molecule has 0 aliphatic carbocycles. The van der Waals surface area contributed by atoms with Crippen molar-refractivity contribution < 1.29 is 5.11 Å². The van der Waals surface area contributed by atoms with E-state index in [1.165, 1.54) is 11.1 Å². The zero-order valence-electron chi connectivity index (χ0n) is 8.46. The third-order valence-electron chi connectivity index (χ3n) is 2.19. The summed E-state index contributed by atoms with van der Waals surface area (Å²) in [5, 5.41) is 8.85. The lowest BCUT2D eigenvalue weighted by Crippen LogP contribution is -1.86. The highest BCUT2D eigenvalue weighted by molar-refractivity contribution is 5.54. The summed E-state index contributed by atoms with van der Waals surface area (Å²) in [6.45, 7) is 6.25. The van der Waals surface area contributed by atoms with Crippen molar-refractivity contribution in [3.05, 3.63) is 40.5 Å². The van der Waals surface area contributed by atoms with Gasteiger partial charge in [-0.05, 0) is 43.0 Å². The Morgan fingerprint density at radius 1 is 1.31 bits per heavy atom. The fourth-order valence-electron chi connectivity index (χ4n) is 1.18. The van der Waals surface area contributed by atoms with E-state index in [1.54, 1.807) is 0 Å². The molecule has 1 N–H and O–H groups in total. The van der Waals surface area contributed by atoms with E-state index in [0.29, 0.717) is 0 Å². The molecule has 0 bridgehead atoms.